The lowest BCUT2D eigenvalue weighted by atomic mass is 9.90. The highest BCUT2D eigenvalue weighted by molar-refractivity contribution is 7.16. The number of benzene rings is 1. The van der Waals surface area contributed by atoms with Crippen molar-refractivity contribution in [1.82, 2.24) is 4.98 Å². The fraction of sp³-hybridized carbons (Fsp3) is 0.400. The molecule has 2 aromatic rings. The van der Waals surface area contributed by atoms with E-state index in [1.807, 2.05) is 5.51 Å². The summed E-state index contributed by atoms with van der Waals surface area (Å²) in [6, 6.07) is 6.62. The lowest BCUT2D eigenvalue weighted by Gasteiger charge is -2.20. The maximum atomic E-state index is 5.93. The Balaban J connectivity index is 1.53. The number of aromatic nitrogens is 1. The molecule has 0 N–H and O–H groups in total. The molecule has 3 aliphatic rings. The van der Waals surface area contributed by atoms with E-state index in [2.05, 4.69) is 28.1 Å². The standard InChI is InChI=1S/C15H14N2OS/c1-2-12-15(19-8-16-12)5-9(1)17-6-10-11(7-17)14-4-3-13(10)18-14/h1-2,5,8,10,13H,3-4,6-7H2/t10-,13+/m1/s1. The van der Waals surface area contributed by atoms with Crippen molar-refractivity contribution < 1.29 is 4.74 Å². The number of rotatable bonds is 1. The molecular weight excluding hydrogens is 256 g/mol. The first kappa shape index (κ1) is 10.3. The second kappa shape index (κ2) is 3.51. The van der Waals surface area contributed by atoms with Crippen LogP contribution in [0.25, 0.3) is 10.2 Å². The van der Waals surface area contributed by atoms with E-state index >= 15 is 0 Å². The normalized spacial score (nSPS) is 28.3. The van der Waals surface area contributed by atoms with Gasteiger partial charge in [0.1, 0.15) is 6.10 Å². The largest absolute Gasteiger partial charge is 0.494 e. The minimum absolute atomic E-state index is 0.474. The molecule has 2 atom stereocenters. The third-order valence-electron chi connectivity index (χ3n) is 4.66. The molecule has 0 aliphatic carbocycles. The van der Waals surface area contributed by atoms with Crippen LogP contribution in [0.2, 0.25) is 0 Å². The van der Waals surface area contributed by atoms with Gasteiger partial charge in [0.15, 0.2) is 0 Å². The summed E-state index contributed by atoms with van der Waals surface area (Å²) in [6.45, 7) is 2.18. The smallest absolute Gasteiger partial charge is 0.107 e. The first-order valence-corrected chi connectivity index (χ1v) is 7.73. The van der Waals surface area contributed by atoms with E-state index in [1.165, 1.54) is 22.6 Å². The SMILES string of the molecule is c1nc2ccc(N3CC4=C5CC[C@H](O5)[C@@H]4C3)cc2s1. The summed E-state index contributed by atoms with van der Waals surface area (Å²) >= 11 is 1.72. The number of nitrogens with zero attached hydrogens (tertiary/aromatic N) is 2. The average molecular weight is 270 g/mol. The lowest BCUT2D eigenvalue weighted by molar-refractivity contribution is 0.156. The molecule has 19 heavy (non-hydrogen) atoms. The van der Waals surface area contributed by atoms with E-state index in [9.17, 15) is 0 Å². The van der Waals surface area contributed by atoms with Gasteiger partial charge in [-0.2, -0.15) is 0 Å². The highest BCUT2D eigenvalue weighted by Crippen LogP contribution is 2.46. The third kappa shape index (κ3) is 1.35. The molecule has 0 saturated carbocycles. The molecule has 96 valence electrons. The van der Waals surface area contributed by atoms with Crippen molar-refractivity contribution in [3.05, 3.63) is 35.0 Å². The lowest BCUT2D eigenvalue weighted by Crippen LogP contribution is -2.24. The Morgan fingerprint density at radius 3 is 3.32 bits per heavy atom. The van der Waals surface area contributed by atoms with E-state index in [0.717, 1.165) is 25.0 Å². The molecule has 3 aliphatic heterocycles. The summed E-state index contributed by atoms with van der Waals surface area (Å²) in [7, 11) is 0. The molecule has 4 heteroatoms. The monoisotopic (exact) mass is 270 g/mol. The van der Waals surface area contributed by atoms with Crippen molar-refractivity contribution in [1.29, 1.82) is 0 Å². The van der Waals surface area contributed by atoms with Gasteiger partial charge in [-0.05, 0) is 30.2 Å². The Morgan fingerprint density at radius 1 is 1.37 bits per heavy atom. The molecule has 0 spiro atoms. The summed E-state index contributed by atoms with van der Waals surface area (Å²) < 4.78 is 7.21. The number of thiazole rings is 1. The summed E-state index contributed by atoms with van der Waals surface area (Å²) in [6.07, 6.45) is 2.87. The van der Waals surface area contributed by atoms with Gasteiger partial charge >= 0.3 is 0 Å². The topological polar surface area (TPSA) is 25.4 Å². The Morgan fingerprint density at radius 2 is 2.37 bits per heavy atom. The molecule has 1 aromatic heterocycles. The number of hydrogen-bond donors (Lipinski definition) is 0. The molecule has 0 radical (unpaired) electrons. The van der Waals surface area contributed by atoms with Crippen LogP contribution in [-0.4, -0.2) is 24.2 Å². The van der Waals surface area contributed by atoms with Gasteiger partial charge in [-0.1, -0.05) is 0 Å². The second-order valence-corrected chi connectivity index (χ2v) is 6.52. The van der Waals surface area contributed by atoms with Crippen molar-refractivity contribution >= 4 is 27.2 Å². The van der Waals surface area contributed by atoms with Crippen molar-refractivity contribution in [3.8, 4) is 0 Å². The zero-order valence-electron chi connectivity index (χ0n) is 10.5. The number of allylic oxidation sites excluding steroid dienone is 1. The minimum Gasteiger partial charge on any atom is -0.494 e. The average Bonchev–Trinajstić information content (AvgIpc) is 3.18. The van der Waals surface area contributed by atoms with Crippen LogP contribution in [0.3, 0.4) is 0 Å². The third-order valence-corrected chi connectivity index (χ3v) is 5.45. The van der Waals surface area contributed by atoms with Gasteiger partial charge < -0.3 is 9.64 Å². The quantitative estimate of drug-likeness (QED) is 0.796. The minimum atomic E-state index is 0.474. The predicted octanol–water partition coefficient (Wildman–Crippen LogP) is 3.18. The Kier molecular flexibility index (Phi) is 1.90. The fourth-order valence-electron chi connectivity index (χ4n) is 3.70. The van der Waals surface area contributed by atoms with Crippen molar-refractivity contribution in [2.45, 2.75) is 18.9 Å². The summed E-state index contributed by atoms with van der Waals surface area (Å²) in [5.41, 5.74) is 5.93. The number of ether oxygens (including phenoxy) is 1. The second-order valence-electron chi connectivity index (χ2n) is 5.63. The molecule has 2 saturated heterocycles. The summed E-state index contributed by atoms with van der Waals surface area (Å²) in [5, 5.41) is 0. The van der Waals surface area contributed by atoms with Gasteiger partial charge in [0.2, 0.25) is 0 Å². The van der Waals surface area contributed by atoms with Crippen LogP contribution < -0.4 is 4.90 Å². The van der Waals surface area contributed by atoms with Gasteiger partial charge in [0.05, 0.1) is 21.5 Å². The first-order valence-electron chi connectivity index (χ1n) is 6.85. The van der Waals surface area contributed by atoms with Gasteiger partial charge in [-0.25, -0.2) is 4.98 Å². The molecule has 0 unspecified atom stereocenters. The van der Waals surface area contributed by atoms with Crippen molar-refractivity contribution in [2.24, 2.45) is 5.92 Å². The summed E-state index contributed by atoms with van der Waals surface area (Å²) in [5.74, 6) is 1.96. The maximum absolute atomic E-state index is 5.93. The van der Waals surface area contributed by atoms with Gasteiger partial charge in [-0.3, -0.25) is 0 Å². The van der Waals surface area contributed by atoms with Crippen LogP contribution in [0, 0.1) is 5.92 Å². The number of anilines is 1. The van der Waals surface area contributed by atoms with Crippen LogP contribution in [0.4, 0.5) is 5.69 Å². The number of fused-ring (bicyclic) bond motifs is 5. The molecule has 3 nitrogen and oxygen atoms in total. The predicted molar refractivity (Wildman–Crippen MR) is 76.5 cm³/mol. The maximum Gasteiger partial charge on any atom is 0.107 e. The van der Waals surface area contributed by atoms with Crippen LogP contribution >= 0.6 is 11.3 Å². The van der Waals surface area contributed by atoms with Crippen molar-refractivity contribution in [2.75, 3.05) is 18.0 Å². The van der Waals surface area contributed by atoms with E-state index in [-0.39, 0.29) is 0 Å². The van der Waals surface area contributed by atoms with Crippen LogP contribution in [0.15, 0.2) is 35.0 Å². The van der Waals surface area contributed by atoms with Crippen molar-refractivity contribution in [3.63, 3.8) is 0 Å². The van der Waals surface area contributed by atoms with Gasteiger partial charge in [0, 0.05) is 31.1 Å². The summed E-state index contributed by atoms with van der Waals surface area (Å²) in [4.78, 5) is 6.85. The zero-order valence-corrected chi connectivity index (χ0v) is 11.3. The Labute approximate surface area is 115 Å². The van der Waals surface area contributed by atoms with E-state index < -0.39 is 0 Å². The highest BCUT2D eigenvalue weighted by atomic mass is 32.1. The molecule has 5 rings (SSSR count). The van der Waals surface area contributed by atoms with Crippen LogP contribution in [0.5, 0.6) is 0 Å². The van der Waals surface area contributed by atoms with Crippen LogP contribution in [0.1, 0.15) is 12.8 Å². The van der Waals surface area contributed by atoms with E-state index in [4.69, 9.17) is 4.74 Å². The molecular formula is C15H14N2OS. The Hall–Kier alpha value is -1.55. The van der Waals surface area contributed by atoms with Crippen LogP contribution in [-0.2, 0) is 4.74 Å². The van der Waals surface area contributed by atoms with E-state index in [0.29, 0.717) is 12.0 Å². The first-order chi connectivity index (χ1) is 9.38. The zero-order chi connectivity index (χ0) is 12.4. The fourth-order valence-corrected chi connectivity index (χ4v) is 4.41. The molecule has 2 bridgehead atoms. The molecule has 1 aromatic carbocycles. The Bertz CT molecular complexity index is 705. The number of hydrogen-bond acceptors (Lipinski definition) is 4. The molecule has 4 heterocycles. The van der Waals surface area contributed by atoms with Gasteiger partial charge in [0.25, 0.3) is 0 Å². The van der Waals surface area contributed by atoms with E-state index in [1.54, 1.807) is 16.9 Å². The van der Waals surface area contributed by atoms with Gasteiger partial charge in [-0.15, -0.1) is 11.3 Å². The molecule has 2 fully saturated rings. The molecule has 0 amide bonds. The highest BCUT2D eigenvalue weighted by Gasteiger charge is 2.46.